The van der Waals surface area contributed by atoms with Gasteiger partial charge in [-0.15, -0.1) is 0 Å². The van der Waals surface area contributed by atoms with Gasteiger partial charge in [0, 0.05) is 31.5 Å². The van der Waals surface area contributed by atoms with Gasteiger partial charge in [-0.05, 0) is 62.7 Å². The molecule has 4 nitrogen and oxygen atoms in total. The molecule has 1 atom stereocenters. The van der Waals surface area contributed by atoms with Crippen LogP contribution in [0.5, 0.6) is 0 Å². The molecule has 2 aromatic rings. The molecule has 1 unspecified atom stereocenters. The Bertz CT molecular complexity index is 596. The summed E-state index contributed by atoms with van der Waals surface area (Å²) in [6.07, 6.45) is 6.37. The van der Waals surface area contributed by atoms with E-state index in [-0.39, 0.29) is 0 Å². The molecular weight excluding hydrogens is 286 g/mol. The maximum Gasteiger partial charge on any atom is 0.118 e. The summed E-state index contributed by atoms with van der Waals surface area (Å²) in [4.78, 5) is 9.23. The zero-order chi connectivity index (χ0) is 16.1. The minimum atomic E-state index is 0.665. The summed E-state index contributed by atoms with van der Waals surface area (Å²) in [5, 5.41) is 0. The summed E-state index contributed by atoms with van der Waals surface area (Å²) in [5.74, 6) is 2.04. The highest BCUT2D eigenvalue weighted by Gasteiger charge is 2.25. The lowest BCUT2D eigenvalue weighted by Gasteiger charge is -2.29. The first-order valence-electron chi connectivity index (χ1n) is 8.65. The summed E-state index contributed by atoms with van der Waals surface area (Å²) in [6, 6.07) is 9.02. The smallest absolute Gasteiger partial charge is 0.118 e. The van der Waals surface area contributed by atoms with E-state index in [1.165, 1.54) is 24.9 Å². The first-order chi connectivity index (χ1) is 11.2. The number of hydrogen-bond donors (Lipinski definition) is 0. The summed E-state index contributed by atoms with van der Waals surface area (Å²) >= 11 is 0. The summed E-state index contributed by atoms with van der Waals surface area (Å²) < 4.78 is 5.80. The fourth-order valence-electron chi connectivity index (χ4n) is 3.54. The van der Waals surface area contributed by atoms with Crippen molar-refractivity contribution in [2.24, 2.45) is 0 Å². The van der Waals surface area contributed by atoms with Gasteiger partial charge in [0.1, 0.15) is 11.5 Å². The molecule has 0 aromatic carbocycles. The highest BCUT2D eigenvalue weighted by Crippen LogP contribution is 2.20. The van der Waals surface area contributed by atoms with Crippen molar-refractivity contribution >= 4 is 0 Å². The van der Waals surface area contributed by atoms with Gasteiger partial charge in [0.15, 0.2) is 0 Å². The molecule has 1 fully saturated rings. The van der Waals surface area contributed by atoms with E-state index in [1.807, 2.05) is 25.4 Å². The standard InChI is InChI=1S/C19H27N3O/c1-3-22-12-4-5-18(22)14-21(13-17-8-10-20-11-9-17)15-19-7-6-16(2)23-19/h6-11,18H,3-5,12-15H2,1-2H3. The fraction of sp³-hybridized carbons (Fsp3) is 0.526. The minimum absolute atomic E-state index is 0.665. The third kappa shape index (κ3) is 4.43. The predicted molar refractivity (Wildman–Crippen MR) is 92.1 cm³/mol. The summed E-state index contributed by atoms with van der Waals surface area (Å²) in [5.41, 5.74) is 1.31. The zero-order valence-electron chi connectivity index (χ0n) is 14.2. The number of aromatic nitrogens is 1. The van der Waals surface area contributed by atoms with E-state index in [9.17, 15) is 0 Å². The maximum atomic E-state index is 5.80. The van der Waals surface area contributed by atoms with Crippen LogP contribution in [-0.2, 0) is 13.1 Å². The van der Waals surface area contributed by atoms with Crippen LogP contribution in [0.3, 0.4) is 0 Å². The van der Waals surface area contributed by atoms with Crippen molar-refractivity contribution in [2.45, 2.75) is 45.8 Å². The number of rotatable bonds is 7. The van der Waals surface area contributed by atoms with Crippen LogP contribution in [0.4, 0.5) is 0 Å². The second-order valence-electron chi connectivity index (χ2n) is 6.46. The zero-order valence-corrected chi connectivity index (χ0v) is 14.2. The summed E-state index contributed by atoms with van der Waals surface area (Å²) in [6.45, 7) is 9.56. The molecule has 0 spiro atoms. The molecule has 3 rings (SSSR count). The summed E-state index contributed by atoms with van der Waals surface area (Å²) in [7, 11) is 0. The van der Waals surface area contributed by atoms with Crippen LogP contribution >= 0.6 is 0 Å². The van der Waals surface area contributed by atoms with Crippen molar-refractivity contribution in [1.82, 2.24) is 14.8 Å². The van der Waals surface area contributed by atoms with Crippen LogP contribution in [0.25, 0.3) is 0 Å². The van der Waals surface area contributed by atoms with Crippen LogP contribution in [0, 0.1) is 6.92 Å². The second-order valence-corrected chi connectivity index (χ2v) is 6.46. The Labute approximate surface area is 139 Å². The average molecular weight is 313 g/mol. The van der Waals surface area contributed by atoms with Crippen LogP contribution in [0.15, 0.2) is 41.1 Å². The van der Waals surface area contributed by atoms with E-state index < -0.39 is 0 Å². The van der Waals surface area contributed by atoms with Gasteiger partial charge in [0.25, 0.3) is 0 Å². The molecule has 1 aliphatic rings. The van der Waals surface area contributed by atoms with Crippen molar-refractivity contribution < 1.29 is 4.42 Å². The molecule has 124 valence electrons. The Hall–Kier alpha value is -1.65. The van der Waals surface area contributed by atoms with Crippen LogP contribution in [0.1, 0.15) is 36.8 Å². The van der Waals surface area contributed by atoms with E-state index in [0.29, 0.717) is 6.04 Å². The number of likely N-dealkylation sites (N-methyl/N-ethyl adjacent to an activating group) is 1. The Morgan fingerprint density at radius 1 is 1.22 bits per heavy atom. The lowest BCUT2D eigenvalue weighted by atomic mass is 10.1. The molecule has 2 aromatic heterocycles. The van der Waals surface area contributed by atoms with Gasteiger partial charge in [-0.3, -0.25) is 14.8 Å². The number of pyridine rings is 1. The van der Waals surface area contributed by atoms with Gasteiger partial charge in [0.05, 0.1) is 6.54 Å². The van der Waals surface area contributed by atoms with Gasteiger partial charge in [-0.2, -0.15) is 0 Å². The van der Waals surface area contributed by atoms with Crippen molar-refractivity contribution in [2.75, 3.05) is 19.6 Å². The molecule has 0 N–H and O–H groups in total. The minimum Gasteiger partial charge on any atom is -0.465 e. The molecule has 0 radical (unpaired) electrons. The number of furan rings is 1. The van der Waals surface area contributed by atoms with Crippen LogP contribution in [-0.4, -0.2) is 40.5 Å². The Morgan fingerprint density at radius 2 is 2.04 bits per heavy atom. The van der Waals surface area contributed by atoms with E-state index in [0.717, 1.165) is 37.7 Å². The Morgan fingerprint density at radius 3 is 2.74 bits per heavy atom. The quantitative estimate of drug-likeness (QED) is 0.783. The fourth-order valence-corrected chi connectivity index (χ4v) is 3.54. The average Bonchev–Trinajstić information content (AvgIpc) is 3.17. The monoisotopic (exact) mass is 313 g/mol. The van der Waals surface area contributed by atoms with E-state index in [2.05, 4.69) is 39.9 Å². The topological polar surface area (TPSA) is 32.5 Å². The molecule has 23 heavy (non-hydrogen) atoms. The van der Waals surface area contributed by atoms with Gasteiger partial charge in [-0.1, -0.05) is 6.92 Å². The molecular formula is C19H27N3O. The van der Waals surface area contributed by atoms with Crippen molar-refractivity contribution in [3.8, 4) is 0 Å². The number of aryl methyl sites for hydroxylation is 1. The van der Waals surface area contributed by atoms with Crippen LogP contribution in [0.2, 0.25) is 0 Å². The van der Waals surface area contributed by atoms with Crippen molar-refractivity contribution in [3.63, 3.8) is 0 Å². The highest BCUT2D eigenvalue weighted by atomic mass is 16.3. The SMILES string of the molecule is CCN1CCCC1CN(Cc1ccncc1)Cc1ccc(C)o1. The van der Waals surface area contributed by atoms with E-state index >= 15 is 0 Å². The molecule has 0 bridgehead atoms. The third-order valence-electron chi connectivity index (χ3n) is 4.71. The number of nitrogens with zero attached hydrogens (tertiary/aromatic N) is 3. The first-order valence-corrected chi connectivity index (χ1v) is 8.65. The van der Waals surface area contributed by atoms with E-state index in [1.54, 1.807) is 0 Å². The van der Waals surface area contributed by atoms with Gasteiger partial charge in [0.2, 0.25) is 0 Å². The normalized spacial score (nSPS) is 18.8. The molecule has 4 heteroatoms. The maximum absolute atomic E-state index is 5.80. The second kappa shape index (κ2) is 7.75. The Kier molecular flexibility index (Phi) is 5.47. The van der Waals surface area contributed by atoms with Gasteiger partial charge < -0.3 is 4.42 Å². The lowest BCUT2D eigenvalue weighted by molar-refractivity contribution is 0.157. The van der Waals surface area contributed by atoms with Gasteiger partial charge in [-0.25, -0.2) is 0 Å². The number of hydrogen-bond acceptors (Lipinski definition) is 4. The van der Waals surface area contributed by atoms with Crippen molar-refractivity contribution in [1.29, 1.82) is 0 Å². The molecule has 0 aliphatic carbocycles. The molecule has 0 saturated carbocycles. The molecule has 1 aliphatic heterocycles. The highest BCUT2D eigenvalue weighted by molar-refractivity contribution is 5.11. The Balaban J connectivity index is 1.69. The molecule has 1 saturated heterocycles. The van der Waals surface area contributed by atoms with E-state index in [4.69, 9.17) is 4.42 Å². The molecule has 3 heterocycles. The lowest BCUT2D eigenvalue weighted by Crippen LogP contribution is -2.39. The van der Waals surface area contributed by atoms with Crippen molar-refractivity contribution in [3.05, 3.63) is 53.7 Å². The van der Waals surface area contributed by atoms with Gasteiger partial charge >= 0.3 is 0 Å². The predicted octanol–water partition coefficient (Wildman–Crippen LogP) is 3.47. The largest absolute Gasteiger partial charge is 0.465 e. The number of likely N-dealkylation sites (tertiary alicyclic amines) is 1. The van der Waals surface area contributed by atoms with Crippen LogP contribution < -0.4 is 0 Å². The third-order valence-corrected chi connectivity index (χ3v) is 4.71. The first kappa shape index (κ1) is 16.2. The molecule has 0 amide bonds.